The van der Waals surface area contributed by atoms with Crippen molar-refractivity contribution in [1.82, 2.24) is 9.55 Å². The molecule has 0 saturated heterocycles. The van der Waals surface area contributed by atoms with Crippen LogP contribution < -0.4 is 20.7 Å². The van der Waals surface area contributed by atoms with Crippen LogP contribution in [0.5, 0.6) is 17.4 Å². The molecular weight excluding hydrogens is 374 g/mol. The molecule has 0 radical (unpaired) electrons. The monoisotopic (exact) mass is 395 g/mol. The summed E-state index contributed by atoms with van der Waals surface area (Å²) in [6.07, 6.45) is 0. The zero-order valence-corrected chi connectivity index (χ0v) is 16.5. The molecule has 0 aliphatic rings. The van der Waals surface area contributed by atoms with Crippen molar-refractivity contribution in [2.75, 3.05) is 14.2 Å². The minimum atomic E-state index is -0.744. The van der Waals surface area contributed by atoms with E-state index in [2.05, 4.69) is 9.98 Å². The van der Waals surface area contributed by atoms with E-state index in [1.807, 2.05) is 6.92 Å². The summed E-state index contributed by atoms with van der Waals surface area (Å²) in [5, 5.41) is 10.8. The number of methoxy groups -OCH3 is 2. The van der Waals surface area contributed by atoms with E-state index in [0.717, 1.165) is 10.1 Å². The largest absolute Gasteiger partial charge is 0.497 e. The Balaban J connectivity index is 2.20. The molecule has 0 aliphatic carbocycles. The number of ether oxygens (including phenoxy) is 2. The van der Waals surface area contributed by atoms with Crippen LogP contribution in [0, 0.1) is 6.92 Å². The summed E-state index contributed by atoms with van der Waals surface area (Å²) in [6.45, 7) is 3.47. The summed E-state index contributed by atoms with van der Waals surface area (Å²) in [7, 11) is 3.02. The van der Waals surface area contributed by atoms with Gasteiger partial charge in [0.2, 0.25) is 5.88 Å². The lowest BCUT2D eigenvalue weighted by Crippen LogP contribution is -2.32. The lowest BCUT2D eigenvalue weighted by Gasteiger charge is -2.12. The minimum absolute atomic E-state index is 0.116. The molecule has 2 N–H and O–H groups in total. The van der Waals surface area contributed by atoms with Crippen LogP contribution in [0.3, 0.4) is 0 Å². The van der Waals surface area contributed by atoms with E-state index < -0.39 is 17.1 Å². The number of H-pyrrole nitrogens is 1. The molecule has 8 heteroatoms. The second-order valence-corrected chi connectivity index (χ2v) is 6.36. The minimum Gasteiger partial charge on any atom is -0.497 e. The predicted molar refractivity (Wildman–Crippen MR) is 110 cm³/mol. The van der Waals surface area contributed by atoms with Gasteiger partial charge >= 0.3 is 5.69 Å². The molecule has 0 unspecified atom stereocenters. The van der Waals surface area contributed by atoms with Gasteiger partial charge < -0.3 is 14.6 Å². The zero-order chi connectivity index (χ0) is 21.1. The lowest BCUT2D eigenvalue weighted by atomic mass is 10.2. The fourth-order valence-electron chi connectivity index (χ4n) is 2.91. The van der Waals surface area contributed by atoms with Crippen molar-refractivity contribution in [2.45, 2.75) is 13.8 Å². The molecule has 0 saturated carbocycles. The highest BCUT2D eigenvalue weighted by molar-refractivity contribution is 6.02. The molecule has 29 heavy (non-hydrogen) atoms. The van der Waals surface area contributed by atoms with Crippen molar-refractivity contribution in [1.29, 1.82) is 0 Å². The van der Waals surface area contributed by atoms with Crippen molar-refractivity contribution >= 4 is 11.4 Å². The van der Waals surface area contributed by atoms with Crippen molar-refractivity contribution in [2.24, 2.45) is 4.99 Å². The molecule has 3 rings (SSSR count). The SMILES string of the molecule is COc1ccc(OC)c(N=C(C)c2c(O)n(-c3ccc(C)cc3)c(=O)[nH]c2=O)c1. The highest BCUT2D eigenvalue weighted by atomic mass is 16.5. The molecule has 2 aromatic carbocycles. The van der Waals surface area contributed by atoms with Crippen molar-refractivity contribution in [3.8, 4) is 23.1 Å². The van der Waals surface area contributed by atoms with Gasteiger partial charge in [-0.15, -0.1) is 0 Å². The number of hydrogen-bond acceptors (Lipinski definition) is 6. The normalized spacial score (nSPS) is 11.4. The van der Waals surface area contributed by atoms with Gasteiger partial charge in [-0.05, 0) is 38.1 Å². The Bertz CT molecular complexity index is 1190. The first kappa shape index (κ1) is 19.9. The Hall–Kier alpha value is -3.81. The molecule has 0 spiro atoms. The number of nitrogens with one attached hydrogen (secondary N) is 1. The molecule has 0 amide bonds. The number of aromatic amines is 1. The van der Waals surface area contributed by atoms with Gasteiger partial charge in [-0.25, -0.2) is 14.4 Å². The lowest BCUT2D eigenvalue weighted by molar-refractivity contribution is 0.404. The van der Waals surface area contributed by atoms with Gasteiger partial charge in [-0.1, -0.05) is 17.7 Å². The summed E-state index contributed by atoms with van der Waals surface area (Å²) in [4.78, 5) is 31.4. The Morgan fingerprint density at radius 3 is 2.38 bits per heavy atom. The van der Waals surface area contributed by atoms with Crippen LogP contribution in [-0.2, 0) is 0 Å². The molecule has 1 aromatic heterocycles. The number of nitrogens with zero attached hydrogens (tertiary/aromatic N) is 2. The zero-order valence-electron chi connectivity index (χ0n) is 16.5. The van der Waals surface area contributed by atoms with Gasteiger partial charge in [0.05, 0.1) is 25.6 Å². The molecular formula is C21H21N3O5. The summed E-state index contributed by atoms with van der Waals surface area (Å²) >= 11 is 0. The molecule has 0 fully saturated rings. The first-order valence-corrected chi connectivity index (χ1v) is 8.78. The van der Waals surface area contributed by atoms with Gasteiger partial charge in [0.25, 0.3) is 5.56 Å². The van der Waals surface area contributed by atoms with Gasteiger partial charge in [0.15, 0.2) is 0 Å². The number of aromatic hydroxyl groups is 1. The topological polar surface area (TPSA) is 106 Å². The number of aliphatic imine (C=N–C) groups is 1. The molecule has 3 aromatic rings. The van der Waals surface area contributed by atoms with E-state index in [1.54, 1.807) is 49.4 Å². The second kappa shape index (κ2) is 8.05. The van der Waals surface area contributed by atoms with E-state index in [1.165, 1.54) is 14.2 Å². The molecule has 1 heterocycles. The average Bonchev–Trinajstić information content (AvgIpc) is 2.69. The highest BCUT2D eigenvalue weighted by Gasteiger charge is 2.18. The number of aryl methyl sites for hydroxylation is 1. The van der Waals surface area contributed by atoms with E-state index in [4.69, 9.17) is 9.47 Å². The smallest absolute Gasteiger partial charge is 0.335 e. The predicted octanol–water partition coefficient (Wildman–Crippen LogP) is 2.70. The standard InChI is InChI=1S/C21H21N3O5/c1-12-5-7-14(8-6-12)24-20(26)18(19(25)23-21(24)27)13(2)22-16-11-15(28-3)9-10-17(16)29-4/h5-11,26H,1-4H3,(H,23,25,27). The Morgan fingerprint density at radius 2 is 1.76 bits per heavy atom. The first-order chi connectivity index (χ1) is 13.8. The molecule has 0 aliphatic heterocycles. The summed E-state index contributed by atoms with van der Waals surface area (Å²) in [5.74, 6) is 0.527. The Kier molecular flexibility index (Phi) is 5.54. The van der Waals surface area contributed by atoms with Gasteiger partial charge in [0, 0.05) is 6.07 Å². The van der Waals surface area contributed by atoms with E-state index in [0.29, 0.717) is 22.9 Å². The Labute approximate surface area is 166 Å². The first-order valence-electron chi connectivity index (χ1n) is 8.78. The number of benzene rings is 2. The highest BCUT2D eigenvalue weighted by Crippen LogP contribution is 2.32. The van der Waals surface area contributed by atoms with E-state index in [9.17, 15) is 14.7 Å². The third-order valence-corrected chi connectivity index (χ3v) is 4.41. The number of rotatable bonds is 5. The maximum absolute atomic E-state index is 12.4. The van der Waals surface area contributed by atoms with Crippen LogP contribution in [0.15, 0.2) is 57.0 Å². The van der Waals surface area contributed by atoms with Crippen LogP contribution in [0.1, 0.15) is 18.1 Å². The average molecular weight is 395 g/mol. The van der Waals surface area contributed by atoms with E-state index in [-0.39, 0.29) is 11.3 Å². The van der Waals surface area contributed by atoms with Gasteiger partial charge in [0.1, 0.15) is 22.7 Å². The van der Waals surface area contributed by atoms with Crippen LogP contribution in [0.2, 0.25) is 0 Å². The maximum Gasteiger partial charge on any atom is 0.335 e. The summed E-state index contributed by atoms with van der Waals surface area (Å²) in [5.41, 5.74) is 0.435. The van der Waals surface area contributed by atoms with E-state index >= 15 is 0 Å². The van der Waals surface area contributed by atoms with Crippen molar-refractivity contribution < 1.29 is 14.6 Å². The third-order valence-electron chi connectivity index (χ3n) is 4.41. The van der Waals surface area contributed by atoms with Crippen LogP contribution in [0.25, 0.3) is 5.69 Å². The molecule has 0 bridgehead atoms. The fourth-order valence-corrected chi connectivity index (χ4v) is 2.91. The number of aromatic nitrogens is 2. The summed E-state index contributed by atoms with van der Waals surface area (Å²) < 4.78 is 11.5. The molecule has 8 nitrogen and oxygen atoms in total. The van der Waals surface area contributed by atoms with Crippen LogP contribution in [-0.4, -0.2) is 34.6 Å². The van der Waals surface area contributed by atoms with Gasteiger partial charge in [-0.3, -0.25) is 9.78 Å². The molecule has 0 atom stereocenters. The van der Waals surface area contributed by atoms with Crippen LogP contribution >= 0.6 is 0 Å². The van der Waals surface area contributed by atoms with Crippen molar-refractivity contribution in [3.63, 3.8) is 0 Å². The van der Waals surface area contributed by atoms with Crippen molar-refractivity contribution in [3.05, 3.63) is 74.4 Å². The summed E-state index contributed by atoms with van der Waals surface area (Å²) in [6, 6.07) is 12.0. The molecule has 150 valence electrons. The quantitative estimate of drug-likeness (QED) is 0.646. The van der Waals surface area contributed by atoms with Crippen LogP contribution in [0.4, 0.5) is 5.69 Å². The Morgan fingerprint density at radius 1 is 1.07 bits per heavy atom. The van der Waals surface area contributed by atoms with Gasteiger partial charge in [-0.2, -0.15) is 0 Å². The second-order valence-electron chi connectivity index (χ2n) is 6.36. The maximum atomic E-state index is 12.4. The fraction of sp³-hybridized carbons (Fsp3) is 0.190. The third kappa shape index (κ3) is 3.91. The number of hydrogen-bond donors (Lipinski definition) is 2.